The van der Waals surface area contributed by atoms with Crippen LogP contribution in [0, 0.1) is 0 Å². The predicted octanol–water partition coefficient (Wildman–Crippen LogP) is 3.29. The normalized spacial score (nSPS) is 18.1. The number of aromatic nitrogens is 1. The van der Waals surface area contributed by atoms with Crippen molar-refractivity contribution in [2.75, 3.05) is 11.4 Å². The molecular formula is C16H21N3S. The van der Waals surface area contributed by atoms with Gasteiger partial charge in [-0.15, -0.1) is 11.3 Å². The van der Waals surface area contributed by atoms with E-state index >= 15 is 0 Å². The highest BCUT2D eigenvalue weighted by atomic mass is 32.1. The molecular weight excluding hydrogens is 266 g/mol. The zero-order valence-corrected chi connectivity index (χ0v) is 12.9. The largest absolute Gasteiger partial charge is 0.349 e. The van der Waals surface area contributed by atoms with E-state index < -0.39 is 0 Å². The first-order valence-corrected chi connectivity index (χ1v) is 8.13. The molecule has 0 saturated carbocycles. The number of thiophene rings is 1. The van der Waals surface area contributed by atoms with Crippen LogP contribution in [-0.4, -0.2) is 11.5 Å². The van der Waals surface area contributed by atoms with Gasteiger partial charge in [0.1, 0.15) is 5.82 Å². The van der Waals surface area contributed by atoms with Gasteiger partial charge in [-0.25, -0.2) is 4.98 Å². The Morgan fingerprint density at radius 2 is 2.30 bits per heavy atom. The maximum atomic E-state index is 5.82. The van der Waals surface area contributed by atoms with E-state index in [1.807, 2.05) is 11.3 Å². The minimum Gasteiger partial charge on any atom is -0.349 e. The molecule has 2 aromatic rings. The number of pyridine rings is 1. The SMILES string of the molecule is CCc1cc(CN)cc(N2CCc3sccc3C2C)n1. The first-order chi connectivity index (χ1) is 9.72. The summed E-state index contributed by atoms with van der Waals surface area (Å²) >= 11 is 1.87. The Morgan fingerprint density at radius 3 is 3.05 bits per heavy atom. The lowest BCUT2D eigenvalue weighted by Gasteiger charge is -2.35. The molecule has 3 rings (SSSR count). The molecule has 0 aliphatic carbocycles. The van der Waals surface area contributed by atoms with Crippen molar-refractivity contribution in [2.45, 2.75) is 39.3 Å². The molecule has 4 heteroatoms. The molecule has 1 unspecified atom stereocenters. The molecule has 20 heavy (non-hydrogen) atoms. The molecule has 1 aliphatic heterocycles. The van der Waals surface area contributed by atoms with E-state index in [4.69, 9.17) is 10.7 Å². The highest BCUT2D eigenvalue weighted by Crippen LogP contribution is 2.35. The van der Waals surface area contributed by atoms with Crippen molar-refractivity contribution in [3.05, 3.63) is 45.3 Å². The number of nitrogens with two attached hydrogens (primary N) is 1. The van der Waals surface area contributed by atoms with Crippen molar-refractivity contribution in [2.24, 2.45) is 5.73 Å². The minimum absolute atomic E-state index is 0.398. The van der Waals surface area contributed by atoms with Crippen molar-refractivity contribution in [3.63, 3.8) is 0 Å². The fourth-order valence-corrected chi connectivity index (χ4v) is 3.86. The summed E-state index contributed by atoms with van der Waals surface area (Å²) < 4.78 is 0. The van der Waals surface area contributed by atoms with Gasteiger partial charge in [0, 0.05) is 23.7 Å². The Hall–Kier alpha value is -1.39. The standard InChI is InChI=1S/C16H21N3S/c1-3-13-8-12(10-17)9-16(18-13)19-6-4-15-14(11(19)2)5-7-20-15/h5,7-9,11H,3-4,6,10,17H2,1-2H3. The smallest absolute Gasteiger partial charge is 0.129 e. The van der Waals surface area contributed by atoms with Gasteiger partial charge in [-0.3, -0.25) is 0 Å². The Bertz CT molecular complexity index is 583. The van der Waals surface area contributed by atoms with Crippen LogP contribution in [0.3, 0.4) is 0 Å². The van der Waals surface area contributed by atoms with Gasteiger partial charge in [0.05, 0.1) is 6.04 Å². The molecule has 2 N–H and O–H groups in total. The summed E-state index contributed by atoms with van der Waals surface area (Å²) in [6.45, 7) is 6.03. The Balaban J connectivity index is 1.97. The molecule has 3 nitrogen and oxygen atoms in total. The van der Waals surface area contributed by atoms with Gasteiger partial charge >= 0.3 is 0 Å². The summed E-state index contributed by atoms with van der Waals surface area (Å²) in [5, 5.41) is 2.20. The van der Waals surface area contributed by atoms with E-state index in [1.54, 1.807) is 0 Å². The molecule has 1 atom stereocenters. The van der Waals surface area contributed by atoms with Crippen molar-refractivity contribution >= 4 is 17.2 Å². The third kappa shape index (κ3) is 2.34. The third-order valence-electron chi connectivity index (χ3n) is 4.09. The molecule has 0 fully saturated rings. The summed E-state index contributed by atoms with van der Waals surface area (Å²) in [4.78, 5) is 8.74. The van der Waals surface area contributed by atoms with E-state index in [0.29, 0.717) is 12.6 Å². The molecule has 0 aromatic carbocycles. The highest BCUT2D eigenvalue weighted by molar-refractivity contribution is 7.10. The summed E-state index contributed by atoms with van der Waals surface area (Å²) in [5.41, 5.74) is 9.59. The lowest BCUT2D eigenvalue weighted by Crippen LogP contribution is -2.34. The molecule has 0 radical (unpaired) electrons. The Morgan fingerprint density at radius 1 is 1.45 bits per heavy atom. The number of aryl methyl sites for hydroxylation is 1. The number of hydrogen-bond acceptors (Lipinski definition) is 4. The topological polar surface area (TPSA) is 42.1 Å². The predicted molar refractivity (Wildman–Crippen MR) is 85.3 cm³/mol. The van der Waals surface area contributed by atoms with Gasteiger partial charge in [0.25, 0.3) is 0 Å². The average molecular weight is 287 g/mol. The molecule has 106 valence electrons. The Kier molecular flexibility index (Phi) is 3.76. The van der Waals surface area contributed by atoms with Crippen LogP contribution < -0.4 is 10.6 Å². The highest BCUT2D eigenvalue weighted by Gasteiger charge is 2.25. The maximum absolute atomic E-state index is 5.82. The van der Waals surface area contributed by atoms with E-state index in [-0.39, 0.29) is 0 Å². The molecule has 3 heterocycles. The van der Waals surface area contributed by atoms with Crippen LogP contribution in [0.4, 0.5) is 5.82 Å². The molecule has 0 saturated heterocycles. The molecule has 2 aromatic heterocycles. The van der Waals surface area contributed by atoms with E-state index in [0.717, 1.165) is 30.9 Å². The fraction of sp³-hybridized carbons (Fsp3) is 0.438. The van der Waals surface area contributed by atoms with Crippen molar-refractivity contribution in [3.8, 4) is 0 Å². The lowest BCUT2D eigenvalue weighted by atomic mass is 10.0. The monoisotopic (exact) mass is 287 g/mol. The first-order valence-electron chi connectivity index (χ1n) is 7.25. The number of fused-ring (bicyclic) bond motifs is 1. The lowest BCUT2D eigenvalue weighted by molar-refractivity contribution is 0.623. The quantitative estimate of drug-likeness (QED) is 0.942. The number of nitrogens with zero attached hydrogens (tertiary/aromatic N) is 2. The molecule has 0 spiro atoms. The van der Waals surface area contributed by atoms with Gasteiger partial charge in [-0.1, -0.05) is 6.92 Å². The fourth-order valence-electron chi connectivity index (χ4n) is 2.90. The summed E-state index contributed by atoms with van der Waals surface area (Å²) in [6, 6.07) is 6.92. The first kappa shape index (κ1) is 13.6. The molecule has 0 amide bonds. The molecule has 1 aliphatic rings. The zero-order chi connectivity index (χ0) is 14.1. The average Bonchev–Trinajstić information content (AvgIpc) is 2.96. The van der Waals surface area contributed by atoms with E-state index in [1.165, 1.54) is 16.0 Å². The van der Waals surface area contributed by atoms with Gasteiger partial charge in [-0.2, -0.15) is 0 Å². The van der Waals surface area contributed by atoms with Crippen LogP contribution in [0.1, 0.15) is 41.6 Å². The Labute approximate surface area is 124 Å². The van der Waals surface area contributed by atoms with Gasteiger partial charge in [-0.05, 0) is 54.5 Å². The van der Waals surface area contributed by atoms with Crippen LogP contribution >= 0.6 is 11.3 Å². The van der Waals surface area contributed by atoms with Gasteiger partial charge in [0.2, 0.25) is 0 Å². The molecule has 0 bridgehead atoms. The maximum Gasteiger partial charge on any atom is 0.129 e. The second-order valence-corrected chi connectivity index (χ2v) is 6.30. The summed E-state index contributed by atoms with van der Waals surface area (Å²) in [7, 11) is 0. The number of hydrogen-bond donors (Lipinski definition) is 1. The van der Waals surface area contributed by atoms with Crippen LogP contribution in [-0.2, 0) is 19.4 Å². The van der Waals surface area contributed by atoms with Crippen molar-refractivity contribution in [1.29, 1.82) is 0 Å². The van der Waals surface area contributed by atoms with E-state index in [9.17, 15) is 0 Å². The minimum atomic E-state index is 0.398. The number of rotatable bonds is 3. The van der Waals surface area contributed by atoms with Crippen LogP contribution in [0.15, 0.2) is 23.6 Å². The van der Waals surface area contributed by atoms with Crippen LogP contribution in [0.2, 0.25) is 0 Å². The van der Waals surface area contributed by atoms with Crippen molar-refractivity contribution in [1.82, 2.24) is 4.98 Å². The van der Waals surface area contributed by atoms with Crippen LogP contribution in [0.5, 0.6) is 0 Å². The zero-order valence-electron chi connectivity index (χ0n) is 12.1. The second-order valence-electron chi connectivity index (χ2n) is 5.30. The second kappa shape index (κ2) is 5.54. The summed E-state index contributed by atoms with van der Waals surface area (Å²) in [5.74, 6) is 1.08. The number of anilines is 1. The van der Waals surface area contributed by atoms with Crippen LogP contribution in [0.25, 0.3) is 0 Å². The third-order valence-corrected chi connectivity index (χ3v) is 5.09. The van der Waals surface area contributed by atoms with E-state index in [2.05, 4.69) is 42.3 Å². The summed E-state index contributed by atoms with van der Waals surface area (Å²) in [6.07, 6.45) is 2.07. The van der Waals surface area contributed by atoms with Gasteiger partial charge < -0.3 is 10.6 Å². The van der Waals surface area contributed by atoms with Crippen molar-refractivity contribution < 1.29 is 0 Å². The van der Waals surface area contributed by atoms with Gasteiger partial charge in [0.15, 0.2) is 0 Å².